The van der Waals surface area contributed by atoms with Crippen molar-refractivity contribution < 1.29 is 0 Å². The van der Waals surface area contributed by atoms with Crippen LogP contribution in [-0.2, 0) is 6.42 Å². The molecule has 0 aliphatic rings. The third kappa shape index (κ3) is 3.71. The van der Waals surface area contributed by atoms with Gasteiger partial charge in [0.05, 0.1) is 0 Å². The van der Waals surface area contributed by atoms with Gasteiger partial charge in [-0.2, -0.15) is 0 Å². The maximum Gasteiger partial charge on any atom is -0.000835 e. The molecule has 0 spiro atoms. The standard InChI is InChI=1S/C17H21N/c1-2-13-18-14-12-15-8-10-17(11-9-15)16-6-4-3-5-7-16/h3-11,18H,2,12-14H2,1H3. The van der Waals surface area contributed by atoms with E-state index >= 15 is 0 Å². The van der Waals surface area contributed by atoms with Crippen LogP contribution in [0.15, 0.2) is 54.6 Å². The van der Waals surface area contributed by atoms with Crippen LogP contribution in [0.5, 0.6) is 0 Å². The molecule has 0 fully saturated rings. The van der Waals surface area contributed by atoms with E-state index < -0.39 is 0 Å². The highest BCUT2D eigenvalue weighted by atomic mass is 14.8. The number of rotatable bonds is 6. The highest BCUT2D eigenvalue weighted by Crippen LogP contribution is 2.19. The molecule has 0 aliphatic carbocycles. The first kappa shape index (κ1) is 12.8. The predicted molar refractivity (Wildman–Crippen MR) is 78.7 cm³/mol. The molecule has 1 nitrogen and oxygen atoms in total. The van der Waals surface area contributed by atoms with E-state index in [1.54, 1.807) is 0 Å². The van der Waals surface area contributed by atoms with Crippen LogP contribution >= 0.6 is 0 Å². The highest BCUT2D eigenvalue weighted by molar-refractivity contribution is 5.63. The number of hydrogen-bond donors (Lipinski definition) is 1. The van der Waals surface area contributed by atoms with Gasteiger partial charge < -0.3 is 5.32 Å². The van der Waals surface area contributed by atoms with Gasteiger partial charge in [0.15, 0.2) is 0 Å². The van der Waals surface area contributed by atoms with Crippen molar-refractivity contribution in [2.45, 2.75) is 19.8 Å². The fourth-order valence-corrected chi connectivity index (χ4v) is 2.03. The lowest BCUT2D eigenvalue weighted by Crippen LogP contribution is -2.17. The van der Waals surface area contributed by atoms with Crippen molar-refractivity contribution >= 4 is 0 Å². The first-order chi connectivity index (χ1) is 8.90. The molecule has 0 radical (unpaired) electrons. The Morgan fingerprint density at radius 1 is 0.778 bits per heavy atom. The fraction of sp³-hybridized carbons (Fsp3) is 0.294. The molecule has 0 saturated carbocycles. The normalized spacial score (nSPS) is 10.5. The Morgan fingerprint density at radius 3 is 2.11 bits per heavy atom. The maximum absolute atomic E-state index is 3.43. The average molecular weight is 239 g/mol. The van der Waals surface area contributed by atoms with Gasteiger partial charge >= 0.3 is 0 Å². The molecule has 0 atom stereocenters. The zero-order valence-electron chi connectivity index (χ0n) is 11.0. The van der Waals surface area contributed by atoms with Crippen LogP contribution in [0.1, 0.15) is 18.9 Å². The molecule has 0 aromatic heterocycles. The smallest absolute Gasteiger partial charge is 0.000835 e. The van der Waals surface area contributed by atoms with E-state index in [2.05, 4.69) is 66.8 Å². The Bertz CT molecular complexity index is 445. The topological polar surface area (TPSA) is 12.0 Å². The molecule has 1 N–H and O–H groups in total. The Kier molecular flexibility index (Phi) is 4.98. The zero-order chi connectivity index (χ0) is 12.6. The van der Waals surface area contributed by atoms with Gasteiger partial charge in [0.2, 0.25) is 0 Å². The van der Waals surface area contributed by atoms with Gasteiger partial charge in [-0.3, -0.25) is 0 Å². The molecular formula is C17H21N. The number of benzene rings is 2. The van der Waals surface area contributed by atoms with Crippen molar-refractivity contribution in [3.8, 4) is 11.1 Å². The Hall–Kier alpha value is -1.60. The molecule has 0 saturated heterocycles. The van der Waals surface area contributed by atoms with Crippen molar-refractivity contribution in [2.75, 3.05) is 13.1 Å². The largest absolute Gasteiger partial charge is 0.316 e. The van der Waals surface area contributed by atoms with E-state index in [-0.39, 0.29) is 0 Å². The second-order valence-corrected chi connectivity index (χ2v) is 4.56. The van der Waals surface area contributed by atoms with Gasteiger partial charge in [0.25, 0.3) is 0 Å². The lowest BCUT2D eigenvalue weighted by atomic mass is 10.0. The lowest BCUT2D eigenvalue weighted by Gasteiger charge is -2.05. The summed E-state index contributed by atoms with van der Waals surface area (Å²) in [6.45, 7) is 4.38. The molecule has 0 unspecified atom stereocenters. The van der Waals surface area contributed by atoms with Crippen LogP contribution in [0, 0.1) is 0 Å². The van der Waals surface area contributed by atoms with E-state index in [4.69, 9.17) is 0 Å². The molecule has 2 aromatic rings. The molecular weight excluding hydrogens is 218 g/mol. The van der Waals surface area contributed by atoms with Gasteiger partial charge in [-0.25, -0.2) is 0 Å². The third-order valence-electron chi connectivity index (χ3n) is 3.08. The molecule has 18 heavy (non-hydrogen) atoms. The van der Waals surface area contributed by atoms with Gasteiger partial charge in [-0.15, -0.1) is 0 Å². The predicted octanol–water partition coefficient (Wildman–Crippen LogP) is 3.90. The second-order valence-electron chi connectivity index (χ2n) is 4.56. The Labute approximate surface area is 110 Å². The van der Waals surface area contributed by atoms with Crippen LogP contribution in [0.4, 0.5) is 0 Å². The SMILES string of the molecule is CCCNCCc1ccc(-c2ccccc2)cc1. The number of nitrogens with one attached hydrogen (secondary N) is 1. The minimum absolute atomic E-state index is 1.07. The summed E-state index contributed by atoms with van der Waals surface area (Å²) < 4.78 is 0. The van der Waals surface area contributed by atoms with Crippen LogP contribution < -0.4 is 5.32 Å². The summed E-state index contributed by atoms with van der Waals surface area (Å²) in [6, 6.07) is 19.4. The van der Waals surface area contributed by atoms with Crippen LogP contribution in [-0.4, -0.2) is 13.1 Å². The second kappa shape index (κ2) is 6.97. The van der Waals surface area contributed by atoms with Crippen molar-refractivity contribution in [3.63, 3.8) is 0 Å². The summed E-state index contributed by atoms with van der Waals surface area (Å²) in [5.74, 6) is 0. The minimum Gasteiger partial charge on any atom is -0.316 e. The molecule has 2 rings (SSSR count). The first-order valence-electron chi connectivity index (χ1n) is 6.75. The lowest BCUT2D eigenvalue weighted by molar-refractivity contribution is 0.671. The summed E-state index contributed by atoms with van der Waals surface area (Å²) in [6.07, 6.45) is 2.31. The number of hydrogen-bond acceptors (Lipinski definition) is 1. The minimum atomic E-state index is 1.07. The molecule has 2 aromatic carbocycles. The van der Waals surface area contributed by atoms with Crippen LogP contribution in [0.3, 0.4) is 0 Å². The molecule has 0 aliphatic heterocycles. The van der Waals surface area contributed by atoms with E-state index in [1.165, 1.54) is 23.1 Å². The van der Waals surface area contributed by atoms with Gasteiger partial charge in [-0.1, -0.05) is 61.5 Å². The van der Waals surface area contributed by atoms with Crippen molar-refractivity contribution in [1.29, 1.82) is 0 Å². The van der Waals surface area contributed by atoms with E-state index in [0.717, 1.165) is 19.5 Å². The average Bonchev–Trinajstić information content (AvgIpc) is 2.45. The molecule has 0 heterocycles. The molecule has 94 valence electrons. The molecule has 1 heteroatoms. The highest BCUT2D eigenvalue weighted by Gasteiger charge is 1.97. The van der Waals surface area contributed by atoms with Gasteiger partial charge in [0, 0.05) is 0 Å². The summed E-state index contributed by atoms with van der Waals surface area (Å²) in [5.41, 5.74) is 3.98. The van der Waals surface area contributed by atoms with Crippen molar-refractivity contribution in [3.05, 3.63) is 60.2 Å². The quantitative estimate of drug-likeness (QED) is 0.754. The summed E-state index contributed by atoms with van der Waals surface area (Å²) in [4.78, 5) is 0. The molecule has 0 amide bonds. The molecule has 0 bridgehead atoms. The van der Waals surface area contributed by atoms with Crippen molar-refractivity contribution in [1.82, 2.24) is 5.32 Å². The fourth-order valence-electron chi connectivity index (χ4n) is 2.03. The van der Waals surface area contributed by atoms with Gasteiger partial charge in [-0.05, 0) is 42.6 Å². The van der Waals surface area contributed by atoms with Crippen molar-refractivity contribution in [2.24, 2.45) is 0 Å². The Morgan fingerprint density at radius 2 is 1.44 bits per heavy atom. The Balaban J connectivity index is 1.94. The third-order valence-corrected chi connectivity index (χ3v) is 3.08. The summed E-state index contributed by atoms with van der Waals surface area (Å²) in [7, 11) is 0. The summed E-state index contributed by atoms with van der Waals surface area (Å²) >= 11 is 0. The van der Waals surface area contributed by atoms with Gasteiger partial charge in [0.1, 0.15) is 0 Å². The van der Waals surface area contributed by atoms with Crippen LogP contribution in [0.25, 0.3) is 11.1 Å². The van der Waals surface area contributed by atoms with E-state index in [1.807, 2.05) is 0 Å². The monoisotopic (exact) mass is 239 g/mol. The maximum atomic E-state index is 3.43. The summed E-state index contributed by atoms with van der Waals surface area (Å²) in [5, 5.41) is 3.43. The van der Waals surface area contributed by atoms with E-state index in [9.17, 15) is 0 Å². The first-order valence-corrected chi connectivity index (χ1v) is 6.75. The van der Waals surface area contributed by atoms with Crippen LogP contribution in [0.2, 0.25) is 0 Å². The zero-order valence-corrected chi connectivity index (χ0v) is 11.0. The van der Waals surface area contributed by atoms with E-state index in [0.29, 0.717) is 0 Å².